The maximum Gasteiger partial charge on any atom is 0.151 e. The third-order valence-corrected chi connectivity index (χ3v) is 2.45. The number of hydrogen-bond donors (Lipinski definition) is 1. The zero-order valence-corrected chi connectivity index (χ0v) is 10.3. The molecule has 0 spiro atoms. The van der Waals surface area contributed by atoms with Crippen LogP contribution in [0.2, 0.25) is 5.15 Å². The molecule has 18 heavy (non-hydrogen) atoms. The highest BCUT2D eigenvalue weighted by molar-refractivity contribution is 6.29. The summed E-state index contributed by atoms with van der Waals surface area (Å²) >= 11 is 5.66. The number of aromatic nitrogens is 2. The summed E-state index contributed by atoms with van der Waals surface area (Å²) in [6, 6.07) is 8.29. The lowest BCUT2D eigenvalue weighted by atomic mass is 10.1. The Bertz CT molecular complexity index is 555. The summed E-state index contributed by atoms with van der Waals surface area (Å²) in [6.07, 6.45) is 1.63. The minimum Gasteiger partial charge on any atom is -0.507 e. The second kappa shape index (κ2) is 5.51. The van der Waals surface area contributed by atoms with E-state index in [2.05, 4.69) is 16.8 Å². The molecule has 0 radical (unpaired) electrons. The van der Waals surface area contributed by atoms with Crippen LogP contribution in [0.15, 0.2) is 43.0 Å². The molecule has 2 aromatic rings. The van der Waals surface area contributed by atoms with Gasteiger partial charge in [0.05, 0.1) is 5.69 Å². The molecule has 2 rings (SSSR count). The molecule has 0 saturated heterocycles. The Balaban J connectivity index is 2.29. The summed E-state index contributed by atoms with van der Waals surface area (Å²) < 4.78 is 5.31. The quantitative estimate of drug-likeness (QED) is 0.861. The molecule has 1 aromatic carbocycles. The van der Waals surface area contributed by atoms with E-state index >= 15 is 0 Å². The van der Waals surface area contributed by atoms with Crippen molar-refractivity contribution >= 4 is 11.6 Å². The highest BCUT2D eigenvalue weighted by atomic mass is 35.5. The van der Waals surface area contributed by atoms with E-state index in [0.717, 1.165) is 0 Å². The topological polar surface area (TPSA) is 55.2 Å². The van der Waals surface area contributed by atoms with Crippen LogP contribution < -0.4 is 4.74 Å². The van der Waals surface area contributed by atoms with Crippen LogP contribution in [0, 0.1) is 0 Å². The van der Waals surface area contributed by atoms with Crippen LogP contribution in [0.25, 0.3) is 11.3 Å². The van der Waals surface area contributed by atoms with Gasteiger partial charge in [0.2, 0.25) is 0 Å². The molecule has 4 nitrogen and oxygen atoms in total. The van der Waals surface area contributed by atoms with Crippen LogP contribution in [-0.4, -0.2) is 21.9 Å². The van der Waals surface area contributed by atoms with Crippen molar-refractivity contribution in [2.24, 2.45) is 0 Å². The fraction of sp³-hybridized carbons (Fsp3) is 0.0769. The third kappa shape index (κ3) is 2.78. The number of halogens is 1. The highest BCUT2D eigenvalue weighted by Gasteiger charge is 2.07. The average molecular weight is 263 g/mol. The van der Waals surface area contributed by atoms with Crippen molar-refractivity contribution in [1.29, 1.82) is 0 Å². The van der Waals surface area contributed by atoms with Gasteiger partial charge >= 0.3 is 0 Å². The predicted octanol–water partition coefficient (Wildman–Crippen LogP) is 3.07. The summed E-state index contributed by atoms with van der Waals surface area (Å²) in [6.45, 7) is 3.94. The monoisotopic (exact) mass is 262 g/mol. The van der Waals surface area contributed by atoms with Crippen LogP contribution >= 0.6 is 11.6 Å². The molecular weight excluding hydrogens is 252 g/mol. The lowest BCUT2D eigenvalue weighted by Gasteiger charge is -2.07. The third-order valence-electron chi connectivity index (χ3n) is 2.25. The van der Waals surface area contributed by atoms with Gasteiger partial charge in [0, 0.05) is 11.6 Å². The second-order valence-electron chi connectivity index (χ2n) is 3.52. The summed E-state index contributed by atoms with van der Waals surface area (Å²) in [5, 5.41) is 17.8. The van der Waals surface area contributed by atoms with Crippen molar-refractivity contribution in [3.63, 3.8) is 0 Å². The van der Waals surface area contributed by atoms with Crippen molar-refractivity contribution < 1.29 is 9.84 Å². The summed E-state index contributed by atoms with van der Waals surface area (Å²) in [4.78, 5) is 0. The molecule has 1 N–H and O–H groups in total. The summed E-state index contributed by atoms with van der Waals surface area (Å²) in [5.41, 5.74) is 1.12. The molecule has 0 aliphatic heterocycles. The molecule has 92 valence electrons. The van der Waals surface area contributed by atoms with Gasteiger partial charge in [-0.25, -0.2) is 0 Å². The van der Waals surface area contributed by atoms with Gasteiger partial charge in [-0.15, -0.1) is 10.2 Å². The van der Waals surface area contributed by atoms with E-state index in [9.17, 15) is 5.11 Å². The molecule has 0 unspecified atom stereocenters. The van der Waals surface area contributed by atoms with Gasteiger partial charge in [-0.1, -0.05) is 24.3 Å². The van der Waals surface area contributed by atoms with E-state index in [-0.39, 0.29) is 5.75 Å². The molecule has 1 aromatic heterocycles. The summed E-state index contributed by atoms with van der Waals surface area (Å²) in [7, 11) is 0. The Morgan fingerprint density at radius 1 is 1.28 bits per heavy atom. The summed E-state index contributed by atoms with van der Waals surface area (Å²) in [5.74, 6) is 0.645. The van der Waals surface area contributed by atoms with Gasteiger partial charge < -0.3 is 9.84 Å². The molecule has 0 aliphatic rings. The van der Waals surface area contributed by atoms with Crippen molar-refractivity contribution in [1.82, 2.24) is 10.2 Å². The number of hydrogen-bond acceptors (Lipinski definition) is 4. The van der Waals surface area contributed by atoms with Crippen LogP contribution in [-0.2, 0) is 0 Å². The smallest absolute Gasteiger partial charge is 0.151 e. The Hall–Kier alpha value is -2.07. The van der Waals surface area contributed by atoms with E-state index in [1.165, 1.54) is 6.07 Å². The maximum absolute atomic E-state index is 9.91. The molecule has 0 aliphatic carbocycles. The Kier molecular flexibility index (Phi) is 3.79. The van der Waals surface area contributed by atoms with Gasteiger partial charge in [0.25, 0.3) is 0 Å². The van der Waals surface area contributed by atoms with E-state index < -0.39 is 0 Å². The van der Waals surface area contributed by atoms with Crippen molar-refractivity contribution in [3.05, 3.63) is 48.1 Å². The zero-order valence-electron chi connectivity index (χ0n) is 9.51. The fourth-order valence-electron chi connectivity index (χ4n) is 1.43. The van der Waals surface area contributed by atoms with Crippen LogP contribution in [0.3, 0.4) is 0 Å². The largest absolute Gasteiger partial charge is 0.507 e. The standard InChI is InChI=1S/C13H11ClN2O2/c1-2-7-18-9-3-4-10(12(17)8-9)11-5-6-13(14)16-15-11/h2-6,8,17H,1,7H2. The number of nitrogens with zero attached hydrogens (tertiary/aromatic N) is 2. The number of benzene rings is 1. The fourth-order valence-corrected chi connectivity index (χ4v) is 1.53. The normalized spacial score (nSPS) is 10.1. The number of rotatable bonds is 4. The number of aromatic hydroxyl groups is 1. The number of phenols is 1. The van der Waals surface area contributed by atoms with Crippen molar-refractivity contribution in [3.8, 4) is 22.8 Å². The first-order valence-electron chi connectivity index (χ1n) is 5.27. The minimum absolute atomic E-state index is 0.0770. The first-order chi connectivity index (χ1) is 8.70. The molecule has 0 atom stereocenters. The molecule has 0 fully saturated rings. The molecule has 0 amide bonds. The lowest BCUT2D eigenvalue weighted by Crippen LogP contribution is -1.93. The molecule has 1 heterocycles. The van der Waals surface area contributed by atoms with Gasteiger partial charge in [-0.3, -0.25) is 0 Å². The molecular formula is C13H11ClN2O2. The van der Waals surface area contributed by atoms with Crippen molar-refractivity contribution in [2.45, 2.75) is 0 Å². The van der Waals surface area contributed by atoms with Gasteiger partial charge in [0.15, 0.2) is 5.15 Å². The van der Waals surface area contributed by atoms with Gasteiger partial charge in [-0.05, 0) is 24.3 Å². The van der Waals surface area contributed by atoms with E-state index in [1.807, 2.05) is 0 Å². The van der Waals surface area contributed by atoms with Crippen LogP contribution in [0.5, 0.6) is 11.5 Å². The molecule has 5 heteroatoms. The first kappa shape index (κ1) is 12.4. The Morgan fingerprint density at radius 3 is 2.72 bits per heavy atom. The zero-order chi connectivity index (χ0) is 13.0. The molecule has 0 saturated carbocycles. The second-order valence-corrected chi connectivity index (χ2v) is 3.91. The first-order valence-corrected chi connectivity index (χ1v) is 5.65. The van der Waals surface area contributed by atoms with Crippen LogP contribution in [0.1, 0.15) is 0 Å². The predicted molar refractivity (Wildman–Crippen MR) is 69.8 cm³/mol. The van der Waals surface area contributed by atoms with Crippen molar-refractivity contribution in [2.75, 3.05) is 6.61 Å². The number of ether oxygens (including phenoxy) is 1. The minimum atomic E-state index is 0.0770. The SMILES string of the molecule is C=CCOc1ccc(-c2ccc(Cl)nn2)c(O)c1. The van der Waals surface area contributed by atoms with E-state index in [0.29, 0.717) is 28.8 Å². The highest BCUT2D eigenvalue weighted by Crippen LogP contribution is 2.31. The Labute approximate surface area is 110 Å². The van der Waals surface area contributed by atoms with E-state index in [1.54, 1.807) is 30.3 Å². The van der Waals surface area contributed by atoms with Gasteiger partial charge in [-0.2, -0.15) is 0 Å². The molecule has 0 bridgehead atoms. The van der Waals surface area contributed by atoms with Gasteiger partial charge in [0.1, 0.15) is 18.1 Å². The average Bonchev–Trinajstić information content (AvgIpc) is 2.38. The van der Waals surface area contributed by atoms with E-state index in [4.69, 9.17) is 16.3 Å². The maximum atomic E-state index is 9.91. The lowest BCUT2D eigenvalue weighted by molar-refractivity contribution is 0.360. The Morgan fingerprint density at radius 2 is 2.11 bits per heavy atom. The van der Waals surface area contributed by atoms with Crippen LogP contribution in [0.4, 0.5) is 0 Å². The number of phenolic OH excluding ortho intramolecular Hbond substituents is 1.